The number of aromatic amines is 1. The smallest absolute Gasteiger partial charge is 0.184 e. The molecule has 4 nitrogen and oxygen atoms in total. The molecule has 0 aromatic carbocycles. The molecule has 0 atom stereocenters. The van der Waals surface area contributed by atoms with Gasteiger partial charge >= 0.3 is 0 Å². The molecule has 2 rings (SSSR count). The molecule has 0 bridgehead atoms. The van der Waals surface area contributed by atoms with E-state index in [4.69, 9.17) is 4.52 Å². The first-order valence-electron chi connectivity index (χ1n) is 4.23. The van der Waals surface area contributed by atoms with Gasteiger partial charge in [0, 0.05) is 12.3 Å². The lowest BCUT2D eigenvalue weighted by Gasteiger charge is -1.93. The Morgan fingerprint density at radius 1 is 1.46 bits per heavy atom. The predicted molar refractivity (Wildman–Crippen MR) is 48.2 cm³/mol. The monoisotopic (exact) mass is 177 g/mol. The van der Waals surface area contributed by atoms with Gasteiger partial charge in [0.1, 0.15) is 5.69 Å². The zero-order valence-electron chi connectivity index (χ0n) is 7.61. The van der Waals surface area contributed by atoms with Crippen molar-refractivity contribution >= 4 is 0 Å². The normalized spacial score (nSPS) is 11.0. The number of nitrogens with zero attached hydrogens (tertiary/aromatic N) is 2. The Bertz CT molecular complexity index is 375. The first-order chi connectivity index (χ1) is 6.27. The van der Waals surface area contributed by atoms with Gasteiger partial charge in [0.05, 0.1) is 5.69 Å². The third kappa shape index (κ3) is 1.47. The molecule has 68 valence electrons. The minimum absolute atomic E-state index is 0.389. The highest BCUT2D eigenvalue weighted by molar-refractivity contribution is 5.50. The van der Waals surface area contributed by atoms with Gasteiger partial charge in [-0.2, -0.15) is 5.10 Å². The molecule has 0 radical (unpaired) electrons. The standard InChI is InChI=1S/C9H11N3O/c1-6(2)8-5-9(13-12-8)7-3-4-10-11-7/h3-6H,1-2H3,(H,10,11). The minimum atomic E-state index is 0.389. The van der Waals surface area contributed by atoms with Gasteiger partial charge in [-0.15, -0.1) is 0 Å². The van der Waals surface area contributed by atoms with Crippen LogP contribution in [0.3, 0.4) is 0 Å². The Morgan fingerprint density at radius 3 is 2.85 bits per heavy atom. The summed E-state index contributed by atoms with van der Waals surface area (Å²) in [5, 5.41) is 10.6. The Kier molecular flexibility index (Phi) is 1.88. The van der Waals surface area contributed by atoms with Crippen molar-refractivity contribution in [2.75, 3.05) is 0 Å². The quantitative estimate of drug-likeness (QED) is 0.764. The number of rotatable bonds is 2. The number of H-pyrrole nitrogens is 1. The molecule has 0 saturated carbocycles. The fraction of sp³-hybridized carbons (Fsp3) is 0.333. The summed E-state index contributed by atoms with van der Waals surface area (Å²) in [5.41, 5.74) is 1.82. The topological polar surface area (TPSA) is 54.7 Å². The summed E-state index contributed by atoms with van der Waals surface area (Å²) in [6.07, 6.45) is 1.69. The second kappa shape index (κ2) is 3.05. The van der Waals surface area contributed by atoms with Crippen LogP contribution < -0.4 is 0 Å². The van der Waals surface area contributed by atoms with Crippen LogP contribution in [0.5, 0.6) is 0 Å². The first kappa shape index (κ1) is 8.04. The fourth-order valence-electron chi connectivity index (χ4n) is 1.08. The molecule has 0 fully saturated rings. The van der Waals surface area contributed by atoms with Gasteiger partial charge in [-0.05, 0) is 12.0 Å². The number of hydrogen-bond donors (Lipinski definition) is 1. The van der Waals surface area contributed by atoms with Crippen molar-refractivity contribution in [2.45, 2.75) is 19.8 Å². The molecule has 13 heavy (non-hydrogen) atoms. The van der Waals surface area contributed by atoms with E-state index in [1.807, 2.05) is 12.1 Å². The molecular weight excluding hydrogens is 166 g/mol. The molecule has 4 heteroatoms. The molecule has 1 N–H and O–H groups in total. The van der Waals surface area contributed by atoms with Crippen molar-refractivity contribution in [3.8, 4) is 11.5 Å². The average Bonchev–Trinajstić information content (AvgIpc) is 2.75. The van der Waals surface area contributed by atoms with Gasteiger partial charge in [-0.1, -0.05) is 19.0 Å². The minimum Gasteiger partial charge on any atom is -0.354 e. The third-order valence-corrected chi connectivity index (χ3v) is 1.89. The van der Waals surface area contributed by atoms with E-state index in [-0.39, 0.29) is 0 Å². The molecule has 0 amide bonds. The molecule has 2 aromatic rings. The van der Waals surface area contributed by atoms with E-state index < -0.39 is 0 Å². The fourth-order valence-corrected chi connectivity index (χ4v) is 1.08. The van der Waals surface area contributed by atoms with Crippen molar-refractivity contribution < 1.29 is 4.52 Å². The van der Waals surface area contributed by atoms with E-state index in [9.17, 15) is 0 Å². The van der Waals surface area contributed by atoms with Gasteiger partial charge in [0.15, 0.2) is 5.76 Å². The van der Waals surface area contributed by atoms with Gasteiger partial charge in [0.2, 0.25) is 0 Å². The molecule has 0 aliphatic heterocycles. The van der Waals surface area contributed by atoms with Crippen molar-refractivity contribution in [2.24, 2.45) is 0 Å². The summed E-state index contributed by atoms with van der Waals surface area (Å²) in [6, 6.07) is 3.78. The Hall–Kier alpha value is -1.58. The summed E-state index contributed by atoms with van der Waals surface area (Å²) >= 11 is 0. The van der Waals surface area contributed by atoms with Gasteiger partial charge in [-0.25, -0.2) is 0 Å². The summed E-state index contributed by atoms with van der Waals surface area (Å²) in [5.74, 6) is 1.13. The molecule has 0 saturated heterocycles. The zero-order chi connectivity index (χ0) is 9.26. The van der Waals surface area contributed by atoms with Crippen molar-refractivity contribution in [3.05, 3.63) is 24.0 Å². The molecule has 2 heterocycles. The van der Waals surface area contributed by atoms with Crippen LogP contribution in [-0.4, -0.2) is 15.4 Å². The number of nitrogens with one attached hydrogen (secondary N) is 1. The first-order valence-corrected chi connectivity index (χ1v) is 4.23. The van der Waals surface area contributed by atoms with E-state index in [2.05, 4.69) is 29.2 Å². The van der Waals surface area contributed by atoms with Crippen molar-refractivity contribution in [1.29, 1.82) is 0 Å². The highest BCUT2D eigenvalue weighted by Crippen LogP contribution is 2.21. The van der Waals surface area contributed by atoms with E-state index in [0.29, 0.717) is 5.92 Å². The maximum absolute atomic E-state index is 5.15. The van der Waals surface area contributed by atoms with Crippen LogP contribution in [0.2, 0.25) is 0 Å². The second-order valence-corrected chi connectivity index (χ2v) is 3.24. The van der Waals surface area contributed by atoms with Gasteiger partial charge < -0.3 is 4.52 Å². The van der Waals surface area contributed by atoms with Crippen LogP contribution in [0, 0.1) is 0 Å². The lowest BCUT2D eigenvalue weighted by Crippen LogP contribution is -1.84. The molecule has 2 aromatic heterocycles. The van der Waals surface area contributed by atoms with Gasteiger partial charge in [-0.3, -0.25) is 5.10 Å². The van der Waals surface area contributed by atoms with Crippen LogP contribution in [0.15, 0.2) is 22.9 Å². The number of aromatic nitrogens is 3. The van der Waals surface area contributed by atoms with Gasteiger partial charge in [0.25, 0.3) is 0 Å². The van der Waals surface area contributed by atoms with Crippen molar-refractivity contribution in [3.63, 3.8) is 0 Å². The zero-order valence-corrected chi connectivity index (χ0v) is 7.61. The van der Waals surface area contributed by atoms with Crippen LogP contribution >= 0.6 is 0 Å². The second-order valence-electron chi connectivity index (χ2n) is 3.24. The molecule has 0 aliphatic rings. The molecule has 0 aliphatic carbocycles. The molecule has 0 spiro atoms. The summed E-state index contributed by atoms with van der Waals surface area (Å²) in [6.45, 7) is 4.16. The maximum Gasteiger partial charge on any atom is 0.184 e. The summed E-state index contributed by atoms with van der Waals surface area (Å²) < 4.78 is 5.15. The Labute approximate surface area is 75.9 Å². The average molecular weight is 177 g/mol. The van der Waals surface area contributed by atoms with Crippen LogP contribution in [0.4, 0.5) is 0 Å². The van der Waals surface area contributed by atoms with Crippen LogP contribution in [0.1, 0.15) is 25.5 Å². The molecule has 0 unspecified atom stereocenters. The van der Waals surface area contributed by atoms with E-state index in [0.717, 1.165) is 17.1 Å². The number of hydrogen-bond acceptors (Lipinski definition) is 3. The highest BCUT2D eigenvalue weighted by Gasteiger charge is 2.09. The summed E-state index contributed by atoms with van der Waals surface area (Å²) in [7, 11) is 0. The van der Waals surface area contributed by atoms with Crippen LogP contribution in [-0.2, 0) is 0 Å². The largest absolute Gasteiger partial charge is 0.354 e. The molecular formula is C9H11N3O. The van der Waals surface area contributed by atoms with E-state index in [1.54, 1.807) is 6.20 Å². The maximum atomic E-state index is 5.15. The predicted octanol–water partition coefficient (Wildman–Crippen LogP) is 2.19. The highest BCUT2D eigenvalue weighted by atomic mass is 16.5. The summed E-state index contributed by atoms with van der Waals surface area (Å²) in [4.78, 5) is 0. The third-order valence-electron chi connectivity index (χ3n) is 1.89. The lowest BCUT2D eigenvalue weighted by molar-refractivity contribution is 0.419. The van der Waals surface area contributed by atoms with Crippen molar-refractivity contribution in [1.82, 2.24) is 15.4 Å². The Balaban J connectivity index is 2.33. The van der Waals surface area contributed by atoms with Crippen LogP contribution in [0.25, 0.3) is 11.5 Å². The lowest BCUT2D eigenvalue weighted by atomic mass is 10.1. The van der Waals surface area contributed by atoms with E-state index >= 15 is 0 Å². The SMILES string of the molecule is CC(C)c1cc(-c2ccn[nH]2)on1. The van der Waals surface area contributed by atoms with E-state index in [1.165, 1.54) is 0 Å². The Morgan fingerprint density at radius 2 is 2.31 bits per heavy atom.